The summed E-state index contributed by atoms with van der Waals surface area (Å²) in [6, 6.07) is 11.4. The Morgan fingerprint density at radius 2 is 1.88 bits per heavy atom. The zero-order valence-corrected chi connectivity index (χ0v) is 15.6. The van der Waals surface area contributed by atoms with Gasteiger partial charge in [0.05, 0.1) is 6.20 Å². The van der Waals surface area contributed by atoms with Crippen LogP contribution in [0.5, 0.6) is 0 Å². The maximum atomic E-state index is 12.4. The van der Waals surface area contributed by atoms with Gasteiger partial charge in [0.1, 0.15) is 15.4 Å². The first-order valence-electron chi connectivity index (χ1n) is 7.49. The number of rotatable bonds is 5. The lowest BCUT2D eigenvalue weighted by Gasteiger charge is -2.04. The van der Waals surface area contributed by atoms with E-state index in [2.05, 4.69) is 25.5 Å². The van der Waals surface area contributed by atoms with Crippen LogP contribution in [0.1, 0.15) is 9.67 Å². The number of nitrogens with one attached hydrogen (secondary N) is 1. The topological polar surface area (TPSA) is 80.7 Å². The Balaban J connectivity index is 1.42. The molecular weight excluding hydrogens is 386 g/mol. The molecule has 0 unspecified atom stereocenters. The maximum Gasteiger partial charge on any atom is 0.267 e. The Morgan fingerprint density at radius 3 is 2.62 bits per heavy atom. The van der Waals surface area contributed by atoms with Gasteiger partial charge >= 0.3 is 0 Å². The Bertz CT molecular complexity index is 1000. The van der Waals surface area contributed by atoms with Gasteiger partial charge in [-0.25, -0.2) is 4.98 Å². The molecule has 6 nitrogen and oxygen atoms in total. The van der Waals surface area contributed by atoms with Crippen LogP contribution in [-0.4, -0.2) is 26.1 Å². The molecule has 4 aromatic rings. The third kappa shape index (κ3) is 3.96. The second-order valence-electron chi connectivity index (χ2n) is 5.05. The van der Waals surface area contributed by atoms with Crippen molar-refractivity contribution in [1.82, 2.24) is 20.2 Å². The van der Waals surface area contributed by atoms with Crippen molar-refractivity contribution >= 4 is 46.0 Å². The van der Waals surface area contributed by atoms with Crippen molar-refractivity contribution in [2.45, 2.75) is 9.24 Å². The lowest BCUT2D eigenvalue weighted by atomic mass is 10.3. The Hall–Kier alpha value is -2.62. The summed E-state index contributed by atoms with van der Waals surface area (Å²) in [6.07, 6.45) is 5.01. The van der Waals surface area contributed by atoms with Crippen molar-refractivity contribution in [2.24, 2.45) is 0 Å². The number of thiazole rings is 1. The molecule has 26 heavy (non-hydrogen) atoms. The highest BCUT2D eigenvalue weighted by molar-refractivity contribution is 8.01. The third-order valence-corrected chi connectivity index (χ3v) is 6.15. The molecule has 0 saturated heterocycles. The van der Waals surface area contributed by atoms with Crippen LogP contribution in [0.25, 0.3) is 10.6 Å². The smallest absolute Gasteiger partial charge is 0.267 e. The molecule has 0 aliphatic carbocycles. The minimum atomic E-state index is -0.174. The van der Waals surface area contributed by atoms with Crippen molar-refractivity contribution in [2.75, 3.05) is 5.32 Å². The second-order valence-corrected chi connectivity index (χ2v) is 8.24. The Morgan fingerprint density at radius 1 is 1.08 bits per heavy atom. The SMILES string of the molecule is O=C(Nc1ccc(Sc2nncs2)cc1)c1cnc(-c2ccncc2)s1. The average Bonchev–Trinajstić information content (AvgIpc) is 3.36. The average molecular weight is 398 g/mol. The van der Waals surface area contributed by atoms with Crippen LogP contribution in [0, 0.1) is 0 Å². The molecule has 1 amide bonds. The second kappa shape index (κ2) is 7.73. The predicted molar refractivity (Wildman–Crippen MR) is 104 cm³/mol. The van der Waals surface area contributed by atoms with Gasteiger partial charge in [0, 0.05) is 28.5 Å². The number of hydrogen-bond donors (Lipinski definition) is 1. The monoisotopic (exact) mass is 397 g/mol. The predicted octanol–water partition coefficient (Wildman–Crippen LogP) is 4.46. The van der Waals surface area contributed by atoms with Gasteiger partial charge in [-0.3, -0.25) is 9.78 Å². The number of hydrogen-bond acceptors (Lipinski definition) is 8. The molecule has 0 aliphatic rings. The number of amides is 1. The summed E-state index contributed by atoms with van der Waals surface area (Å²) >= 11 is 4.38. The van der Waals surface area contributed by atoms with Crippen molar-refractivity contribution in [3.05, 3.63) is 65.4 Å². The van der Waals surface area contributed by atoms with Crippen LogP contribution < -0.4 is 5.32 Å². The summed E-state index contributed by atoms with van der Waals surface area (Å²) < 4.78 is 0.884. The first kappa shape index (κ1) is 16.8. The van der Waals surface area contributed by atoms with Crippen LogP contribution in [0.4, 0.5) is 5.69 Å². The van der Waals surface area contributed by atoms with Gasteiger partial charge in [-0.2, -0.15) is 0 Å². The van der Waals surface area contributed by atoms with E-state index in [4.69, 9.17) is 0 Å². The highest BCUT2D eigenvalue weighted by Crippen LogP contribution is 2.29. The quantitative estimate of drug-likeness (QED) is 0.535. The standard InChI is InChI=1S/C17H11N5OS3/c23-15(14-9-19-16(26-14)11-5-7-18-8-6-11)21-12-1-3-13(4-2-12)25-17-22-20-10-24-17/h1-10H,(H,21,23). The first-order valence-corrected chi connectivity index (χ1v) is 10.0. The van der Waals surface area contributed by atoms with Crippen LogP contribution in [0.15, 0.2) is 69.7 Å². The molecule has 1 aromatic carbocycles. The van der Waals surface area contributed by atoms with Crippen molar-refractivity contribution in [1.29, 1.82) is 0 Å². The minimum absolute atomic E-state index is 0.174. The summed E-state index contributed by atoms with van der Waals surface area (Å²) in [5, 5.41) is 11.5. The zero-order valence-electron chi connectivity index (χ0n) is 13.2. The molecular formula is C17H11N5OS3. The molecule has 0 atom stereocenters. The maximum absolute atomic E-state index is 12.4. The summed E-state index contributed by atoms with van der Waals surface area (Å²) in [6.45, 7) is 0. The van der Waals surface area contributed by atoms with Gasteiger partial charge in [-0.15, -0.1) is 21.5 Å². The van der Waals surface area contributed by atoms with E-state index >= 15 is 0 Å². The number of anilines is 1. The van der Waals surface area contributed by atoms with E-state index in [1.165, 1.54) is 34.4 Å². The molecule has 0 saturated carbocycles. The van der Waals surface area contributed by atoms with E-state index in [0.29, 0.717) is 4.88 Å². The molecule has 0 spiro atoms. The van der Waals surface area contributed by atoms with Crippen molar-refractivity contribution in [3.8, 4) is 10.6 Å². The van der Waals surface area contributed by atoms with Gasteiger partial charge < -0.3 is 5.32 Å². The zero-order chi connectivity index (χ0) is 17.8. The molecule has 9 heteroatoms. The normalized spacial score (nSPS) is 10.6. The summed E-state index contributed by atoms with van der Waals surface area (Å²) in [5.74, 6) is -0.174. The fraction of sp³-hybridized carbons (Fsp3) is 0. The van der Waals surface area contributed by atoms with Gasteiger partial charge in [0.15, 0.2) is 4.34 Å². The van der Waals surface area contributed by atoms with E-state index < -0.39 is 0 Å². The van der Waals surface area contributed by atoms with Crippen molar-refractivity contribution in [3.63, 3.8) is 0 Å². The van der Waals surface area contributed by atoms with E-state index in [9.17, 15) is 4.79 Å². The van der Waals surface area contributed by atoms with Crippen LogP contribution in [0.3, 0.4) is 0 Å². The van der Waals surface area contributed by atoms with E-state index in [-0.39, 0.29) is 5.91 Å². The number of carbonyl (C=O) groups is 1. The molecule has 128 valence electrons. The van der Waals surface area contributed by atoms with Gasteiger partial charge in [0.2, 0.25) is 0 Å². The highest BCUT2D eigenvalue weighted by Gasteiger charge is 2.12. The van der Waals surface area contributed by atoms with E-state index in [0.717, 1.165) is 25.5 Å². The molecule has 3 heterocycles. The van der Waals surface area contributed by atoms with Crippen LogP contribution in [-0.2, 0) is 0 Å². The fourth-order valence-electron chi connectivity index (χ4n) is 2.11. The molecule has 0 fully saturated rings. The van der Waals surface area contributed by atoms with Gasteiger partial charge in [-0.1, -0.05) is 23.1 Å². The summed E-state index contributed by atoms with van der Waals surface area (Å²) in [7, 11) is 0. The number of carbonyl (C=O) groups excluding carboxylic acids is 1. The van der Waals surface area contributed by atoms with Gasteiger partial charge in [-0.05, 0) is 36.4 Å². The number of nitrogens with zero attached hydrogens (tertiary/aromatic N) is 4. The van der Waals surface area contributed by atoms with Crippen LogP contribution >= 0.6 is 34.4 Å². The molecule has 0 bridgehead atoms. The first-order chi connectivity index (χ1) is 12.8. The van der Waals surface area contributed by atoms with E-state index in [1.807, 2.05) is 36.4 Å². The number of benzene rings is 1. The molecule has 3 aromatic heterocycles. The van der Waals surface area contributed by atoms with Crippen LogP contribution in [0.2, 0.25) is 0 Å². The largest absolute Gasteiger partial charge is 0.321 e. The van der Waals surface area contributed by atoms with Gasteiger partial charge in [0.25, 0.3) is 5.91 Å². The van der Waals surface area contributed by atoms with E-state index in [1.54, 1.807) is 24.1 Å². The summed E-state index contributed by atoms with van der Waals surface area (Å²) in [5.41, 5.74) is 3.38. The minimum Gasteiger partial charge on any atom is -0.321 e. The highest BCUT2D eigenvalue weighted by atomic mass is 32.2. The fourth-order valence-corrected chi connectivity index (χ4v) is 4.38. The molecule has 0 aliphatic heterocycles. The number of aromatic nitrogens is 4. The Kier molecular flexibility index (Phi) is 5.00. The molecule has 0 radical (unpaired) electrons. The Labute approximate surface area is 161 Å². The summed E-state index contributed by atoms with van der Waals surface area (Å²) in [4.78, 5) is 22.3. The third-order valence-electron chi connectivity index (χ3n) is 3.31. The van der Waals surface area contributed by atoms with Crippen molar-refractivity contribution < 1.29 is 4.79 Å². The number of pyridine rings is 1. The molecule has 1 N–H and O–H groups in total. The molecule has 4 rings (SSSR count). The lowest BCUT2D eigenvalue weighted by molar-refractivity contribution is 0.103. The lowest BCUT2D eigenvalue weighted by Crippen LogP contribution is -2.09.